The maximum Gasteiger partial charge on any atom is 0.131 e. The Morgan fingerprint density at radius 2 is 2.25 bits per heavy atom. The standard InChI is InChI=1S/C4H12BN2.Y/c1-5-4(3-6)7-2;/h4,7H,3,6H2,1-2H3;. The molecule has 0 amide bonds. The molecule has 4 heteroatoms. The van der Waals surface area contributed by atoms with Gasteiger partial charge in [-0.25, -0.2) is 0 Å². The van der Waals surface area contributed by atoms with Crippen LogP contribution in [0.5, 0.6) is 0 Å². The van der Waals surface area contributed by atoms with Crippen LogP contribution in [0, 0.1) is 0 Å². The van der Waals surface area contributed by atoms with Gasteiger partial charge in [-0.15, -0.1) is 0 Å². The number of likely N-dealkylation sites (N-methyl/N-ethyl adjacent to an activating group) is 1. The van der Waals surface area contributed by atoms with Crippen molar-refractivity contribution in [3.8, 4) is 0 Å². The molecule has 1 atom stereocenters. The molecule has 0 aromatic carbocycles. The molecule has 0 aliphatic heterocycles. The first kappa shape index (κ1) is 11.8. The van der Waals surface area contributed by atoms with Crippen molar-refractivity contribution in [1.82, 2.24) is 5.32 Å². The molecule has 44 valence electrons. The van der Waals surface area contributed by atoms with Gasteiger partial charge in [0.05, 0.1) is 0 Å². The Labute approximate surface area is 77.1 Å². The smallest absolute Gasteiger partial charge is 0.131 e. The molecule has 0 saturated heterocycles. The topological polar surface area (TPSA) is 38.0 Å². The third kappa shape index (κ3) is 5.23. The van der Waals surface area contributed by atoms with E-state index in [0.29, 0.717) is 12.5 Å². The zero-order valence-corrected chi connectivity index (χ0v) is 8.35. The Hall–Kier alpha value is 1.09. The number of rotatable bonds is 3. The van der Waals surface area contributed by atoms with E-state index in [0.717, 1.165) is 0 Å². The van der Waals surface area contributed by atoms with Crippen LogP contribution in [0.3, 0.4) is 0 Å². The second-order valence-electron chi connectivity index (χ2n) is 1.46. The van der Waals surface area contributed by atoms with Crippen LogP contribution in [0.15, 0.2) is 0 Å². The normalized spacial score (nSPS) is 11.9. The molecular formula is C4H12BN2Y. The molecule has 0 aliphatic carbocycles. The van der Waals surface area contributed by atoms with Gasteiger partial charge in [0.2, 0.25) is 0 Å². The molecule has 0 aliphatic rings. The quantitative estimate of drug-likeness (QED) is 0.571. The van der Waals surface area contributed by atoms with E-state index in [1.165, 1.54) is 0 Å². The Morgan fingerprint density at radius 3 is 2.25 bits per heavy atom. The van der Waals surface area contributed by atoms with Gasteiger partial charge >= 0.3 is 0 Å². The second kappa shape index (κ2) is 8.09. The number of nitrogens with one attached hydrogen (secondary N) is 1. The predicted molar refractivity (Wildman–Crippen MR) is 33.5 cm³/mol. The molecule has 1 unspecified atom stereocenters. The summed E-state index contributed by atoms with van der Waals surface area (Å²) in [5.74, 6) is 0.389. The summed E-state index contributed by atoms with van der Waals surface area (Å²) in [5.41, 5.74) is 5.30. The van der Waals surface area contributed by atoms with Gasteiger partial charge < -0.3 is 11.1 Å². The Bertz CT molecular complexity index is 35.5. The molecule has 0 heterocycles. The van der Waals surface area contributed by atoms with Crippen molar-refractivity contribution in [2.75, 3.05) is 13.6 Å². The first-order valence-electron chi connectivity index (χ1n) is 2.52. The average molecular weight is 188 g/mol. The van der Waals surface area contributed by atoms with Crippen molar-refractivity contribution < 1.29 is 32.7 Å². The van der Waals surface area contributed by atoms with Crippen LogP contribution in [0.1, 0.15) is 0 Å². The largest absolute Gasteiger partial charge is 0.330 e. The third-order valence-corrected chi connectivity index (χ3v) is 1.03. The van der Waals surface area contributed by atoms with Gasteiger partial charge in [0.25, 0.3) is 0 Å². The second-order valence-corrected chi connectivity index (χ2v) is 1.46. The van der Waals surface area contributed by atoms with Crippen LogP contribution < -0.4 is 11.1 Å². The first-order chi connectivity index (χ1) is 3.35. The van der Waals surface area contributed by atoms with Crippen molar-refractivity contribution in [2.45, 2.75) is 12.8 Å². The molecule has 0 fully saturated rings. The number of hydrogen-bond acceptors (Lipinski definition) is 2. The van der Waals surface area contributed by atoms with Crippen LogP contribution in [0.4, 0.5) is 0 Å². The van der Waals surface area contributed by atoms with Crippen molar-refractivity contribution in [3.63, 3.8) is 0 Å². The minimum absolute atomic E-state index is 0. The van der Waals surface area contributed by atoms with Gasteiger partial charge in [-0.2, -0.15) is 0 Å². The van der Waals surface area contributed by atoms with Crippen molar-refractivity contribution in [1.29, 1.82) is 0 Å². The summed E-state index contributed by atoms with van der Waals surface area (Å²) >= 11 is 0. The van der Waals surface area contributed by atoms with Crippen molar-refractivity contribution in [2.24, 2.45) is 5.73 Å². The van der Waals surface area contributed by atoms with Gasteiger partial charge in [-0.05, 0) is 13.0 Å². The summed E-state index contributed by atoms with van der Waals surface area (Å²) in [7, 11) is 3.94. The molecule has 0 aromatic rings. The van der Waals surface area contributed by atoms with E-state index in [4.69, 9.17) is 5.73 Å². The van der Waals surface area contributed by atoms with Crippen LogP contribution in [0.2, 0.25) is 6.82 Å². The van der Waals surface area contributed by atoms with E-state index >= 15 is 0 Å². The number of nitrogens with two attached hydrogens (primary N) is 1. The van der Waals surface area contributed by atoms with Crippen molar-refractivity contribution >= 4 is 7.28 Å². The van der Waals surface area contributed by atoms with Crippen LogP contribution in [0.25, 0.3) is 0 Å². The van der Waals surface area contributed by atoms with E-state index in [-0.39, 0.29) is 32.7 Å². The van der Waals surface area contributed by atoms with E-state index in [2.05, 4.69) is 5.32 Å². The minimum Gasteiger partial charge on any atom is -0.330 e. The van der Waals surface area contributed by atoms with Gasteiger partial charge in [0.1, 0.15) is 7.28 Å². The van der Waals surface area contributed by atoms with Gasteiger partial charge in [0.15, 0.2) is 0 Å². The maximum absolute atomic E-state index is 5.30. The fourth-order valence-corrected chi connectivity index (χ4v) is 0.421. The molecule has 2 nitrogen and oxygen atoms in total. The Morgan fingerprint density at radius 1 is 1.75 bits per heavy atom. The average Bonchev–Trinajstić information content (AvgIpc) is 1.72. The molecular weight excluding hydrogens is 176 g/mol. The van der Waals surface area contributed by atoms with Crippen molar-refractivity contribution in [3.05, 3.63) is 0 Å². The fraction of sp³-hybridized carbons (Fsp3) is 1.00. The summed E-state index contributed by atoms with van der Waals surface area (Å²) < 4.78 is 0. The Balaban J connectivity index is 0. The summed E-state index contributed by atoms with van der Waals surface area (Å²) in [5, 5.41) is 3.02. The fourth-order valence-electron chi connectivity index (χ4n) is 0.421. The zero-order valence-electron chi connectivity index (χ0n) is 5.52. The van der Waals surface area contributed by atoms with E-state index in [1.54, 1.807) is 0 Å². The minimum atomic E-state index is 0. The van der Waals surface area contributed by atoms with E-state index < -0.39 is 0 Å². The third-order valence-electron chi connectivity index (χ3n) is 1.03. The van der Waals surface area contributed by atoms with Gasteiger partial charge in [-0.1, -0.05) is 6.82 Å². The monoisotopic (exact) mass is 188 g/mol. The molecule has 0 spiro atoms. The first-order valence-corrected chi connectivity index (χ1v) is 2.52. The van der Waals surface area contributed by atoms with E-state index in [1.807, 2.05) is 21.2 Å². The summed E-state index contributed by atoms with van der Waals surface area (Å²) in [6.45, 7) is 2.68. The van der Waals surface area contributed by atoms with Gasteiger partial charge in [0, 0.05) is 39.3 Å². The molecule has 0 rings (SSSR count). The molecule has 2 radical (unpaired) electrons. The Kier molecular flexibility index (Phi) is 12.0. The van der Waals surface area contributed by atoms with Crippen LogP contribution in [-0.2, 0) is 32.7 Å². The SMILES string of the molecule is C[B]C(CN)NC.[Y]. The predicted octanol–water partition coefficient (Wildman–Crippen LogP) is -0.760. The van der Waals surface area contributed by atoms with E-state index in [9.17, 15) is 0 Å². The summed E-state index contributed by atoms with van der Waals surface area (Å²) in [6, 6.07) is 0. The maximum atomic E-state index is 5.30. The zero-order chi connectivity index (χ0) is 5.70. The summed E-state index contributed by atoms with van der Waals surface area (Å²) in [6.07, 6.45) is 0. The number of hydrogen-bond donors (Lipinski definition) is 2. The molecule has 8 heavy (non-hydrogen) atoms. The molecule has 0 saturated carbocycles. The molecule has 0 aromatic heterocycles. The van der Waals surface area contributed by atoms with Crippen LogP contribution in [-0.4, -0.2) is 26.8 Å². The summed E-state index contributed by atoms with van der Waals surface area (Å²) in [4.78, 5) is 0. The molecule has 0 bridgehead atoms. The van der Waals surface area contributed by atoms with Crippen LogP contribution >= 0.6 is 0 Å². The van der Waals surface area contributed by atoms with Gasteiger partial charge in [-0.3, -0.25) is 0 Å². The molecule has 3 N–H and O–H groups in total.